The Kier molecular flexibility index (Phi) is 41.1. The fourth-order valence-corrected chi connectivity index (χ4v) is 11.6. The predicted octanol–water partition coefficient (Wildman–Crippen LogP) is 29.7. The van der Waals surface area contributed by atoms with E-state index in [-0.39, 0.29) is 16.4 Å². The largest absolute Gasteiger partial charge is 0.126 e. The minimum Gasteiger partial charge on any atom is -0.126 e. The molecule has 0 N–H and O–H groups in total. The fraction of sp³-hybridized carbons (Fsp3) is 0.372. The van der Waals surface area contributed by atoms with Crippen molar-refractivity contribution in [2.45, 2.75) is 204 Å². The van der Waals surface area contributed by atoms with E-state index in [9.17, 15) is 0 Å². The minimum atomic E-state index is -0.826. The van der Waals surface area contributed by atoms with Gasteiger partial charge in [0.2, 0.25) is 0 Å². The van der Waals surface area contributed by atoms with Crippen LogP contribution < -0.4 is 0 Å². The van der Waals surface area contributed by atoms with Crippen LogP contribution >= 0.6 is 51.1 Å². The quantitative estimate of drug-likeness (QED) is 0.0734. The van der Waals surface area contributed by atoms with Gasteiger partial charge in [-0.05, 0) is 50.9 Å². The van der Waals surface area contributed by atoms with E-state index in [2.05, 4.69) is 304 Å². The Hall–Kier alpha value is -2.67. The zero-order valence-electron chi connectivity index (χ0n) is 60.1. The average molecular weight is 1640 g/mol. The molecule has 0 heterocycles. The molecular weight excluding hydrogens is 1540 g/mol. The number of benzene rings is 6. The normalized spacial score (nSPS) is 10.8. The Morgan fingerprint density at radius 3 is 1.07 bits per heavy atom. The Morgan fingerprint density at radius 2 is 0.698 bits per heavy atom. The Balaban J connectivity index is 0.000000244. The standard InChI is InChI=1S/C21H25.C19H21.C15H25O.C13H9.2C9H13.6ClH.3Zr/c1-20(2,3)16-7-9-18-14(12-16)11-15-13-17(21(4,5)6)8-10-19(15)18;1-2-3-4-5-8-15-11-12-19-17(13-15)14-16-9-6-7-10-18(16)19;1-15(2,3)16-13-9-5-4-6-10-14-11-7-8-12-14;1-3-7-12-10(5-1)9-11-6-2-4-8-13(11)12;1-6-5-7(2)9(4)8(6)3;1-2-3-6-9-7-4-5-8-9;;;;;;;;;/h7-13H,1-6H3;6-7,9-14H,2-5,8H2,1H3;7-8,11-12H,4-6,9-10,13H2,1-3H3;1-9H;5H,1-4H3;4-5,7-8H,2-3,6H2,1H3;6*1H;;;/q6*-1;;;;;;;3*+4/p-6. The topological polar surface area (TPSA) is 9.23 Å². The van der Waals surface area contributed by atoms with Crippen LogP contribution in [0.3, 0.4) is 0 Å². The van der Waals surface area contributed by atoms with Gasteiger partial charge in [-0.15, -0.1) is 119 Å². The van der Waals surface area contributed by atoms with Crippen LogP contribution in [-0.4, -0.2) is 12.2 Å². The zero-order chi connectivity index (χ0) is 70.7. The molecule has 10 heteroatoms. The molecule has 0 saturated carbocycles. The van der Waals surface area contributed by atoms with E-state index in [1.54, 1.807) is 0 Å². The first-order chi connectivity index (χ1) is 45.9. The molecule has 510 valence electrons. The van der Waals surface area contributed by atoms with Crippen LogP contribution in [0, 0.1) is 27.7 Å². The molecule has 12 rings (SSSR count). The van der Waals surface area contributed by atoms with Gasteiger partial charge in [0, 0.05) is 6.61 Å². The maximum atomic E-state index is 5.68. The molecule has 0 aromatic heterocycles. The smallest absolute Gasteiger partial charge is 0.0771 e. The van der Waals surface area contributed by atoms with Crippen molar-refractivity contribution in [3.05, 3.63) is 250 Å². The van der Waals surface area contributed by atoms with Gasteiger partial charge >= 0.3 is 114 Å². The van der Waals surface area contributed by atoms with Gasteiger partial charge in [-0.3, -0.25) is 0 Å². The molecule has 0 bridgehead atoms. The van der Waals surface area contributed by atoms with Gasteiger partial charge in [-0.25, -0.2) is 12.1 Å². The minimum absolute atomic E-state index is 0.0231. The number of hydrogen-bond acceptors (Lipinski definition) is 1. The summed E-state index contributed by atoms with van der Waals surface area (Å²) in [5, 5.41) is 16.4. The van der Waals surface area contributed by atoms with Crippen molar-refractivity contribution in [3.63, 3.8) is 0 Å². The van der Waals surface area contributed by atoms with Crippen LogP contribution in [0.1, 0.15) is 190 Å². The van der Waals surface area contributed by atoms with E-state index >= 15 is 0 Å². The Bertz CT molecular complexity index is 3860. The second kappa shape index (κ2) is 46.0. The number of ether oxygens (including phenoxy) is 1. The van der Waals surface area contributed by atoms with Crippen molar-refractivity contribution in [3.8, 4) is 0 Å². The Morgan fingerprint density at radius 1 is 0.354 bits per heavy atom. The first kappa shape index (κ1) is 85.7. The zero-order valence-corrected chi connectivity index (χ0v) is 72.0. The molecule has 0 unspecified atom stereocenters. The number of rotatable bonds is 15. The molecular formula is C86H106Cl6OZr3. The Labute approximate surface area is 636 Å². The summed E-state index contributed by atoms with van der Waals surface area (Å²) in [6.07, 6.45) is 16.8. The molecule has 0 aliphatic carbocycles. The van der Waals surface area contributed by atoms with Gasteiger partial charge in [0.1, 0.15) is 0 Å². The third kappa shape index (κ3) is 30.5. The number of hydrogen-bond donors (Lipinski definition) is 0. The van der Waals surface area contributed by atoms with E-state index in [1.807, 2.05) is 0 Å². The molecule has 12 aromatic rings. The molecule has 0 atom stereocenters. The molecule has 0 fully saturated rings. The SMILES string of the molecule is CC(C)(C)OCCCCCCc1cc[cH-]c1.CC(C)(C)c1ccc2c(c1)[cH-]c1cc(C(C)(C)C)ccc12.CCCCCCc1ccc2c(c1)[cH-]c1ccccc12.CCCCc1cc[cH-]c1.Cc1[cH-]c(C)c(C)c1C.[Cl][Zr+2][Cl].[Cl][Zr+2][Cl].[Cl][Zr+2][Cl].c1ccc2c(c1)[cH-]c1ccccc12. The van der Waals surface area contributed by atoms with Crippen molar-refractivity contribution < 1.29 is 67.3 Å². The van der Waals surface area contributed by atoms with Crippen LogP contribution in [0.2, 0.25) is 0 Å². The van der Waals surface area contributed by atoms with Crippen molar-refractivity contribution >= 4 is 116 Å². The number of halogens is 6. The van der Waals surface area contributed by atoms with Gasteiger partial charge in [0.15, 0.2) is 0 Å². The van der Waals surface area contributed by atoms with E-state index in [4.69, 9.17) is 55.8 Å². The summed E-state index contributed by atoms with van der Waals surface area (Å²) in [5.41, 5.74) is 13.4. The maximum Gasteiger partial charge on any atom is -0.0771 e. The molecule has 0 amide bonds. The second-order valence-electron chi connectivity index (χ2n) is 27.8. The number of fused-ring (bicyclic) bond motifs is 9. The summed E-state index contributed by atoms with van der Waals surface area (Å²) >= 11 is -2.48. The summed E-state index contributed by atoms with van der Waals surface area (Å²) in [4.78, 5) is 0. The third-order valence-corrected chi connectivity index (χ3v) is 17.3. The molecule has 0 aliphatic heterocycles. The molecule has 1 nitrogen and oxygen atoms in total. The van der Waals surface area contributed by atoms with E-state index in [0.717, 1.165) is 6.61 Å². The first-order valence-corrected chi connectivity index (χ1v) is 53.3. The monoisotopic (exact) mass is 1630 g/mol. The van der Waals surface area contributed by atoms with E-state index < -0.39 is 62.5 Å². The van der Waals surface area contributed by atoms with E-state index in [0.29, 0.717) is 0 Å². The van der Waals surface area contributed by atoms with E-state index in [1.165, 1.54) is 198 Å². The van der Waals surface area contributed by atoms with Crippen LogP contribution in [0.25, 0.3) is 64.6 Å². The average Bonchev–Trinajstić information content (AvgIpc) is 1.62. The molecule has 0 saturated heterocycles. The van der Waals surface area contributed by atoms with Crippen molar-refractivity contribution in [2.24, 2.45) is 0 Å². The number of aryl methyl sites for hydroxylation is 5. The molecule has 0 aliphatic rings. The second-order valence-corrected chi connectivity index (χ2v) is 39.0. The van der Waals surface area contributed by atoms with Crippen LogP contribution in [0.4, 0.5) is 0 Å². The summed E-state index contributed by atoms with van der Waals surface area (Å²) in [7, 11) is 29.6. The third-order valence-electron chi connectivity index (χ3n) is 17.3. The summed E-state index contributed by atoms with van der Waals surface area (Å²) in [5.74, 6) is 0. The number of unbranched alkanes of at least 4 members (excludes halogenated alkanes) is 7. The molecule has 12 aromatic carbocycles. The van der Waals surface area contributed by atoms with Crippen molar-refractivity contribution in [1.82, 2.24) is 0 Å². The molecule has 0 radical (unpaired) electrons. The molecule has 96 heavy (non-hydrogen) atoms. The van der Waals surface area contributed by atoms with Gasteiger partial charge < -0.3 is 4.74 Å². The van der Waals surface area contributed by atoms with Gasteiger partial charge in [0.25, 0.3) is 0 Å². The van der Waals surface area contributed by atoms with Crippen LogP contribution in [-0.2, 0) is 97.4 Å². The summed E-state index contributed by atoms with van der Waals surface area (Å²) < 4.78 is 5.68. The van der Waals surface area contributed by atoms with Crippen molar-refractivity contribution in [1.29, 1.82) is 0 Å². The van der Waals surface area contributed by atoms with Crippen LogP contribution in [0.5, 0.6) is 0 Å². The fourth-order valence-electron chi connectivity index (χ4n) is 11.6. The van der Waals surface area contributed by atoms with Crippen LogP contribution in [0.15, 0.2) is 200 Å². The summed E-state index contributed by atoms with van der Waals surface area (Å²) in [6.45, 7) is 34.0. The first-order valence-electron chi connectivity index (χ1n) is 34.3. The maximum absolute atomic E-state index is 5.68. The summed E-state index contributed by atoms with van der Waals surface area (Å²) in [6, 6.07) is 72.9. The van der Waals surface area contributed by atoms with Gasteiger partial charge in [-0.1, -0.05) is 255 Å². The predicted molar refractivity (Wildman–Crippen MR) is 423 cm³/mol. The van der Waals surface area contributed by atoms with Gasteiger partial charge in [-0.2, -0.15) is 75.8 Å². The molecule has 0 spiro atoms. The van der Waals surface area contributed by atoms with Crippen molar-refractivity contribution in [2.75, 3.05) is 6.61 Å². The van der Waals surface area contributed by atoms with Gasteiger partial charge in [0.05, 0.1) is 5.60 Å².